The van der Waals surface area contributed by atoms with Crippen LogP contribution in [0.4, 0.5) is 0 Å². The third-order valence-electron chi connectivity index (χ3n) is 14.1. The Bertz CT molecular complexity index is 924. The van der Waals surface area contributed by atoms with Gasteiger partial charge in [0.15, 0.2) is 0 Å². The Morgan fingerprint density at radius 2 is 0.648 bits per heavy atom. The van der Waals surface area contributed by atoms with E-state index in [-0.39, 0.29) is 0 Å². The molecule has 1 rings (SSSR count). The minimum Gasteiger partial charge on any atom is -0.479 e. The summed E-state index contributed by atoms with van der Waals surface area (Å²) in [4.78, 5) is 0. The first kappa shape index (κ1) is 52.7. The summed E-state index contributed by atoms with van der Waals surface area (Å²) < 4.78 is 18.9. The SMILES string of the molecule is CCOC(=S)SC(C)C(C)C(C)C(C)CCC1CC(CCC(C)C(C)C(C)C(C)SC(=S)OCC)CC(CCC(C)C(C)C(C)C(C)SC(=S)OCC)C1. The van der Waals surface area contributed by atoms with Gasteiger partial charge < -0.3 is 14.2 Å². The Morgan fingerprint density at radius 1 is 0.426 bits per heavy atom. The van der Waals surface area contributed by atoms with E-state index in [4.69, 9.17) is 50.9 Å². The molecule has 0 aliphatic heterocycles. The van der Waals surface area contributed by atoms with Crippen LogP contribution in [0.15, 0.2) is 0 Å². The Morgan fingerprint density at radius 3 is 0.852 bits per heavy atom. The smallest absolute Gasteiger partial charge is 0.220 e. The van der Waals surface area contributed by atoms with Gasteiger partial charge in [-0.25, -0.2) is 0 Å². The van der Waals surface area contributed by atoms with Gasteiger partial charge in [0, 0.05) is 15.7 Å². The molecule has 318 valence electrons. The van der Waals surface area contributed by atoms with Crippen LogP contribution in [0.1, 0.15) is 162 Å². The van der Waals surface area contributed by atoms with Crippen molar-refractivity contribution >= 4 is 85.1 Å². The highest BCUT2D eigenvalue weighted by Gasteiger charge is 2.33. The number of hydrogen-bond donors (Lipinski definition) is 0. The van der Waals surface area contributed by atoms with E-state index in [0.29, 0.717) is 102 Å². The highest BCUT2D eigenvalue weighted by Crippen LogP contribution is 2.44. The summed E-state index contributed by atoms with van der Waals surface area (Å²) >= 11 is 21.7. The van der Waals surface area contributed by atoms with Gasteiger partial charge in [0.05, 0.1) is 19.8 Å². The third kappa shape index (κ3) is 19.6. The number of ether oxygens (including phenoxy) is 3. The zero-order chi connectivity index (χ0) is 41.1. The van der Waals surface area contributed by atoms with Crippen LogP contribution in [-0.2, 0) is 14.2 Å². The third-order valence-corrected chi connectivity index (χ3v) is 18.7. The van der Waals surface area contributed by atoms with Gasteiger partial charge >= 0.3 is 0 Å². The van der Waals surface area contributed by atoms with Gasteiger partial charge in [-0.15, -0.1) is 0 Å². The van der Waals surface area contributed by atoms with Crippen molar-refractivity contribution in [3.63, 3.8) is 0 Å². The normalized spacial score (nSPS) is 24.4. The Balaban J connectivity index is 2.95. The first-order valence-corrected chi connectivity index (χ1v) is 25.7. The van der Waals surface area contributed by atoms with E-state index < -0.39 is 0 Å². The number of hydrogen-bond acceptors (Lipinski definition) is 9. The topological polar surface area (TPSA) is 27.7 Å². The molecule has 0 aromatic rings. The van der Waals surface area contributed by atoms with Crippen LogP contribution in [-0.4, -0.2) is 48.7 Å². The molecule has 0 heterocycles. The molecule has 0 radical (unpaired) electrons. The molecule has 3 nitrogen and oxygen atoms in total. The minimum atomic E-state index is 0.467. The molecule has 1 fully saturated rings. The molecule has 1 aliphatic carbocycles. The molecule has 12 unspecified atom stereocenters. The molecule has 0 bridgehead atoms. The van der Waals surface area contributed by atoms with Crippen molar-refractivity contribution in [2.75, 3.05) is 19.8 Å². The van der Waals surface area contributed by atoms with Crippen LogP contribution in [0.25, 0.3) is 0 Å². The maximum absolute atomic E-state index is 5.61. The Labute approximate surface area is 365 Å². The average Bonchev–Trinajstić information content (AvgIpc) is 3.13. The summed E-state index contributed by atoms with van der Waals surface area (Å²) in [7, 11) is 0. The number of thioether (sulfide) groups is 3. The van der Waals surface area contributed by atoms with Crippen LogP contribution in [0.5, 0.6) is 0 Å². The predicted molar refractivity (Wildman–Crippen MR) is 258 cm³/mol. The molecule has 0 saturated heterocycles. The lowest BCUT2D eigenvalue weighted by molar-refractivity contribution is 0.136. The largest absolute Gasteiger partial charge is 0.479 e. The van der Waals surface area contributed by atoms with Crippen molar-refractivity contribution in [1.29, 1.82) is 0 Å². The maximum Gasteiger partial charge on any atom is 0.220 e. The van der Waals surface area contributed by atoms with Crippen molar-refractivity contribution in [2.24, 2.45) is 71.0 Å². The molecular formula is C45H84O3S6. The van der Waals surface area contributed by atoms with Gasteiger partial charge in [-0.3, -0.25) is 0 Å². The van der Waals surface area contributed by atoms with E-state index in [9.17, 15) is 0 Å². The summed E-state index contributed by atoms with van der Waals surface area (Å²) in [5.41, 5.74) is 0. The quantitative estimate of drug-likeness (QED) is 0.0880. The lowest BCUT2D eigenvalue weighted by Gasteiger charge is -2.38. The molecule has 12 atom stereocenters. The molecule has 0 amide bonds. The van der Waals surface area contributed by atoms with Crippen molar-refractivity contribution in [2.45, 2.75) is 177 Å². The summed E-state index contributed by atoms with van der Waals surface area (Å²) in [6, 6.07) is 0. The van der Waals surface area contributed by atoms with Crippen molar-refractivity contribution in [3.8, 4) is 0 Å². The Kier molecular flexibility index (Phi) is 27.6. The highest BCUT2D eigenvalue weighted by molar-refractivity contribution is 8.23. The van der Waals surface area contributed by atoms with E-state index in [1.54, 1.807) is 35.3 Å². The molecule has 0 N–H and O–H groups in total. The van der Waals surface area contributed by atoms with E-state index in [1.165, 1.54) is 57.8 Å². The van der Waals surface area contributed by atoms with Crippen LogP contribution in [0, 0.1) is 71.0 Å². The monoisotopic (exact) mass is 864 g/mol. The van der Waals surface area contributed by atoms with Gasteiger partial charge in [0.25, 0.3) is 0 Å². The fraction of sp³-hybridized carbons (Fsp3) is 0.933. The van der Waals surface area contributed by atoms with Crippen molar-refractivity contribution < 1.29 is 14.2 Å². The standard InChI is InChI=1S/C45H84O3S6/c1-16-46-43(49)52-37(13)34(10)31(7)28(4)19-22-40-25-41(23-20-29(5)32(8)35(11)38(14)53-44(50)47-17-2)27-42(26-40)24-21-30(6)33(9)36(12)39(15)54-45(51)48-18-3/h28-42H,16-27H2,1-15H3. The van der Waals surface area contributed by atoms with Gasteiger partial charge in [0.1, 0.15) is 0 Å². The summed E-state index contributed by atoms with van der Waals surface area (Å²) in [5, 5.41) is 1.40. The van der Waals surface area contributed by atoms with Crippen LogP contribution >= 0.6 is 71.9 Å². The average molecular weight is 866 g/mol. The lowest BCUT2D eigenvalue weighted by atomic mass is 9.68. The van der Waals surface area contributed by atoms with E-state index in [1.807, 2.05) is 20.8 Å². The summed E-state index contributed by atoms with van der Waals surface area (Å²) in [6.07, 6.45) is 12.4. The second kappa shape index (κ2) is 28.2. The fourth-order valence-electron chi connectivity index (χ4n) is 8.76. The first-order valence-electron chi connectivity index (χ1n) is 21.9. The Hall–Kier alpha value is 0.720. The summed E-state index contributed by atoms with van der Waals surface area (Å²) in [6.45, 7) is 37.2. The molecular weight excluding hydrogens is 781 g/mol. The molecule has 0 aromatic carbocycles. The zero-order valence-electron chi connectivity index (χ0n) is 37.3. The molecule has 9 heteroatoms. The lowest BCUT2D eigenvalue weighted by Crippen LogP contribution is -2.29. The molecule has 1 saturated carbocycles. The van der Waals surface area contributed by atoms with Crippen LogP contribution < -0.4 is 0 Å². The van der Waals surface area contributed by atoms with Gasteiger partial charge in [-0.2, -0.15) is 0 Å². The molecule has 54 heavy (non-hydrogen) atoms. The molecule has 0 spiro atoms. The second-order valence-electron chi connectivity index (χ2n) is 17.6. The van der Waals surface area contributed by atoms with Gasteiger partial charge in [-0.1, -0.05) is 157 Å². The fourth-order valence-corrected chi connectivity index (χ4v) is 13.3. The van der Waals surface area contributed by atoms with E-state index >= 15 is 0 Å². The second-order valence-corrected chi connectivity index (χ2v) is 23.6. The number of rotatable bonds is 24. The van der Waals surface area contributed by atoms with Crippen molar-refractivity contribution in [3.05, 3.63) is 0 Å². The predicted octanol–water partition coefficient (Wildman–Crippen LogP) is 15.4. The van der Waals surface area contributed by atoms with Crippen LogP contribution in [0.3, 0.4) is 0 Å². The van der Waals surface area contributed by atoms with Gasteiger partial charge in [-0.05, 0) is 148 Å². The maximum atomic E-state index is 5.61. The zero-order valence-corrected chi connectivity index (χ0v) is 42.2. The minimum absolute atomic E-state index is 0.467. The highest BCUT2D eigenvalue weighted by atomic mass is 32.2. The van der Waals surface area contributed by atoms with Gasteiger partial charge in [0.2, 0.25) is 13.1 Å². The van der Waals surface area contributed by atoms with E-state index in [0.717, 1.165) is 17.8 Å². The number of thiocarbonyl (C=S) groups is 3. The van der Waals surface area contributed by atoms with Crippen molar-refractivity contribution in [1.82, 2.24) is 0 Å². The first-order chi connectivity index (χ1) is 25.4. The molecule has 0 aromatic heterocycles. The summed E-state index contributed by atoms with van der Waals surface area (Å²) in [5.74, 6) is 8.43. The van der Waals surface area contributed by atoms with Crippen LogP contribution in [0.2, 0.25) is 0 Å². The molecule has 1 aliphatic rings. The van der Waals surface area contributed by atoms with E-state index in [2.05, 4.69) is 83.1 Å².